The van der Waals surface area contributed by atoms with Gasteiger partial charge < -0.3 is 14.8 Å². The highest BCUT2D eigenvalue weighted by atomic mass is 32.1. The molecule has 0 bridgehead atoms. The lowest BCUT2D eigenvalue weighted by molar-refractivity contribution is -0.116. The third-order valence-electron chi connectivity index (χ3n) is 3.35. The number of thiazole rings is 1. The van der Waals surface area contributed by atoms with E-state index in [1.165, 1.54) is 17.7 Å². The van der Waals surface area contributed by atoms with Crippen molar-refractivity contribution in [1.29, 1.82) is 0 Å². The molecule has 0 radical (unpaired) electrons. The Morgan fingerprint density at radius 2 is 1.96 bits per heavy atom. The molecule has 0 saturated carbocycles. The van der Waals surface area contributed by atoms with E-state index in [2.05, 4.69) is 20.3 Å². The van der Waals surface area contributed by atoms with Gasteiger partial charge in [-0.15, -0.1) is 11.3 Å². The summed E-state index contributed by atoms with van der Waals surface area (Å²) in [5.41, 5.74) is 1.47. The van der Waals surface area contributed by atoms with Crippen molar-refractivity contribution in [2.45, 2.75) is 13.3 Å². The van der Waals surface area contributed by atoms with Crippen molar-refractivity contribution in [3.63, 3.8) is 0 Å². The third-order valence-corrected chi connectivity index (χ3v) is 4.15. The van der Waals surface area contributed by atoms with Crippen LogP contribution in [0.1, 0.15) is 12.6 Å². The molecule has 0 aliphatic rings. The van der Waals surface area contributed by atoms with Crippen LogP contribution < -0.4 is 14.8 Å². The van der Waals surface area contributed by atoms with Crippen LogP contribution in [0.5, 0.6) is 11.5 Å². The van der Waals surface area contributed by atoms with E-state index in [9.17, 15) is 4.79 Å². The van der Waals surface area contributed by atoms with Gasteiger partial charge in [0.15, 0.2) is 16.6 Å². The number of carbonyl (C=O) groups excluding carboxylic acids is 1. The summed E-state index contributed by atoms with van der Waals surface area (Å²) in [5, 5.41) is 6.49. The largest absolute Gasteiger partial charge is 0.493 e. The van der Waals surface area contributed by atoms with Gasteiger partial charge in [0.1, 0.15) is 17.9 Å². The molecule has 124 valence electrons. The van der Waals surface area contributed by atoms with Crippen molar-refractivity contribution < 1.29 is 14.3 Å². The summed E-state index contributed by atoms with van der Waals surface area (Å²) in [6.45, 7) is 1.55. The van der Waals surface area contributed by atoms with Gasteiger partial charge in [0.25, 0.3) is 0 Å². The molecule has 2 heterocycles. The van der Waals surface area contributed by atoms with E-state index in [4.69, 9.17) is 9.47 Å². The number of ketones is 1. The number of rotatable bonds is 6. The molecule has 8 heteroatoms. The molecule has 1 N–H and O–H groups in total. The van der Waals surface area contributed by atoms with Crippen LogP contribution in [0.2, 0.25) is 0 Å². The van der Waals surface area contributed by atoms with Gasteiger partial charge in [0, 0.05) is 23.3 Å². The van der Waals surface area contributed by atoms with Crippen molar-refractivity contribution in [2.75, 3.05) is 19.5 Å². The number of nitrogens with one attached hydrogen (secondary N) is 1. The second-order valence-corrected chi connectivity index (χ2v) is 5.95. The summed E-state index contributed by atoms with van der Waals surface area (Å²) in [7, 11) is 3.16. The summed E-state index contributed by atoms with van der Waals surface area (Å²) < 4.78 is 10.6. The number of carbonyl (C=O) groups is 1. The van der Waals surface area contributed by atoms with Gasteiger partial charge in [-0.2, -0.15) is 0 Å². The van der Waals surface area contributed by atoms with Crippen molar-refractivity contribution in [1.82, 2.24) is 15.0 Å². The molecule has 0 spiro atoms. The molecule has 0 unspecified atom stereocenters. The zero-order valence-electron chi connectivity index (χ0n) is 13.5. The molecule has 1 aromatic carbocycles. The third kappa shape index (κ3) is 3.28. The molecular formula is C16H16N4O3S. The summed E-state index contributed by atoms with van der Waals surface area (Å²) in [4.78, 5) is 24.1. The number of anilines is 2. The molecule has 0 saturated heterocycles. The van der Waals surface area contributed by atoms with Gasteiger partial charge in [-0.3, -0.25) is 4.79 Å². The average Bonchev–Trinajstić information content (AvgIpc) is 3.00. The summed E-state index contributed by atoms with van der Waals surface area (Å²) in [6, 6.07) is 3.62. The Hall–Kier alpha value is -2.74. The predicted molar refractivity (Wildman–Crippen MR) is 92.4 cm³/mol. The SMILES string of the molecule is COc1cc2ncnc(Nc3nc(CC(C)=O)cs3)c2cc1OC. The first-order chi connectivity index (χ1) is 11.6. The second kappa shape index (κ2) is 6.79. The van der Waals surface area contributed by atoms with Gasteiger partial charge >= 0.3 is 0 Å². The van der Waals surface area contributed by atoms with E-state index in [0.717, 1.165) is 16.6 Å². The number of ether oxygens (including phenoxy) is 2. The normalized spacial score (nSPS) is 10.6. The van der Waals surface area contributed by atoms with E-state index < -0.39 is 0 Å². The first-order valence-electron chi connectivity index (χ1n) is 7.18. The Kier molecular flexibility index (Phi) is 4.57. The Bertz CT molecular complexity index is 894. The van der Waals surface area contributed by atoms with Crippen LogP contribution in [0, 0.1) is 0 Å². The first kappa shape index (κ1) is 16.1. The quantitative estimate of drug-likeness (QED) is 0.735. The molecule has 0 amide bonds. The molecule has 24 heavy (non-hydrogen) atoms. The molecule has 2 aromatic heterocycles. The highest BCUT2D eigenvalue weighted by molar-refractivity contribution is 7.13. The average molecular weight is 344 g/mol. The minimum Gasteiger partial charge on any atom is -0.493 e. The number of Topliss-reactive ketones (excluding diaryl/α,β-unsaturated/α-hetero) is 1. The Morgan fingerprint density at radius 3 is 2.67 bits per heavy atom. The van der Waals surface area contributed by atoms with Crippen LogP contribution in [-0.4, -0.2) is 35.0 Å². The Labute approximate surface area is 142 Å². The lowest BCUT2D eigenvalue weighted by Crippen LogP contribution is -1.99. The number of nitrogens with zero attached hydrogens (tertiary/aromatic N) is 3. The van der Waals surface area contributed by atoms with Gasteiger partial charge in [-0.1, -0.05) is 0 Å². The smallest absolute Gasteiger partial charge is 0.188 e. The molecule has 0 aliphatic heterocycles. The minimum absolute atomic E-state index is 0.0798. The number of benzene rings is 1. The fourth-order valence-electron chi connectivity index (χ4n) is 2.28. The van der Waals surface area contributed by atoms with Crippen molar-refractivity contribution in [3.05, 3.63) is 29.5 Å². The van der Waals surface area contributed by atoms with Gasteiger partial charge in [-0.25, -0.2) is 15.0 Å². The molecule has 0 atom stereocenters. The fraction of sp³-hybridized carbons (Fsp3) is 0.250. The summed E-state index contributed by atoms with van der Waals surface area (Å²) in [5.74, 6) is 1.90. The van der Waals surface area contributed by atoms with Crippen LogP contribution in [-0.2, 0) is 11.2 Å². The van der Waals surface area contributed by atoms with Crippen LogP contribution in [0.25, 0.3) is 10.9 Å². The lowest BCUT2D eigenvalue weighted by Gasteiger charge is -2.11. The summed E-state index contributed by atoms with van der Waals surface area (Å²) >= 11 is 1.42. The Morgan fingerprint density at radius 1 is 1.21 bits per heavy atom. The fourth-order valence-corrected chi connectivity index (χ4v) is 2.99. The number of hydrogen-bond donors (Lipinski definition) is 1. The topological polar surface area (TPSA) is 86.2 Å². The maximum absolute atomic E-state index is 11.2. The van der Waals surface area contributed by atoms with Crippen molar-refractivity contribution in [2.24, 2.45) is 0 Å². The van der Waals surface area contributed by atoms with Crippen molar-refractivity contribution >= 4 is 39.0 Å². The molecule has 3 rings (SSSR count). The van der Waals surface area contributed by atoms with E-state index in [1.807, 2.05) is 11.4 Å². The van der Waals surface area contributed by atoms with Crippen molar-refractivity contribution in [3.8, 4) is 11.5 Å². The van der Waals surface area contributed by atoms with E-state index in [0.29, 0.717) is 28.9 Å². The van der Waals surface area contributed by atoms with Gasteiger partial charge in [-0.05, 0) is 13.0 Å². The molecule has 3 aromatic rings. The van der Waals surface area contributed by atoms with E-state index in [-0.39, 0.29) is 5.78 Å². The Balaban J connectivity index is 1.97. The molecule has 0 fully saturated rings. The number of fused-ring (bicyclic) bond motifs is 1. The first-order valence-corrected chi connectivity index (χ1v) is 8.06. The zero-order valence-corrected chi connectivity index (χ0v) is 14.3. The van der Waals surface area contributed by atoms with Gasteiger partial charge in [0.05, 0.1) is 25.4 Å². The number of hydrogen-bond acceptors (Lipinski definition) is 8. The summed E-state index contributed by atoms with van der Waals surface area (Å²) in [6.07, 6.45) is 1.80. The monoisotopic (exact) mass is 344 g/mol. The van der Waals surface area contributed by atoms with Crippen LogP contribution in [0.15, 0.2) is 23.8 Å². The molecule has 0 aliphatic carbocycles. The number of methoxy groups -OCH3 is 2. The lowest BCUT2D eigenvalue weighted by atomic mass is 10.2. The van der Waals surface area contributed by atoms with E-state index >= 15 is 0 Å². The second-order valence-electron chi connectivity index (χ2n) is 5.09. The van der Waals surface area contributed by atoms with Crippen LogP contribution in [0.3, 0.4) is 0 Å². The molecule has 7 nitrogen and oxygen atoms in total. The zero-order chi connectivity index (χ0) is 17.1. The predicted octanol–water partition coefficient (Wildman–Crippen LogP) is 2.98. The van der Waals surface area contributed by atoms with Crippen LogP contribution >= 0.6 is 11.3 Å². The van der Waals surface area contributed by atoms with Crippen LogP contribution in [0.4, 0.5) is 10.9 Å². The maximum Gasteiger partial charge on any atom is 0.188 e. The minimum atomic E-state index is 0.0798. The van der Waals surface area contributed by atoms with Gasteiger partial charge in [0.2, 0.25) is 0 Å². The number of aromatic nitrogens is 3. The standard InChI is InChI=1S/C16H16N4O3S/c1-9(21)4-10-7-24-16(19-10)20-15-11-5-13(22-2)14(23-3)6-12(11)17-8-18-15/h5-8H,4H2,1-3H3,(H,17,18,19,20). The highest BCUT2D eigenvalue weighted by Gasteiger charge is 2.12. The maximum atomic E-state index is 11.2. The van der Waals surface area contributed by atoms with E-state index in [1.54, 1.807) is 27.2 Å². The highest BCUT2D eigenvalue weighted by Crippen LogP contribution is 2.34. The molecular weight excluding hydrogens is 328 g/mol.